The molecule has 0 aliphatic carbocycles. The van der Waals surface area contributed by atoms with Crippen molar-refractivity contribution < 1.29 is 14.7 Å². The molecule has 132 valence electrons. The molecule has 0 unspecified atom stereocenters. The van der Waals surface area contributed by atoms with Crippen molar-refractivity contribution in [2.24, 2.45) is 0 Å². The number of aromatic nitrogens is 2. The minimum Gasteiger partial charge on any atom is -0.481 e. The van der Waals surface area contributed by atoms with Gasteiger partial charge < -0.3 is 10.4 Å². The fourth-order valence-electron chi connectivity index (χ4n) is 2.43. The zero-order chi connectivity index (χ0) is 18.5. The van der Waals surface area contributed by atoms with Gasteiger partial charge in [-0.05, 0) is 24.3 Å². The van der Waals surface area contributed by atoms with E-state index in [0.717, 1.165) is 11.3 Å². The first kappa shape index (κ1) is 17.7. The summed E-state index contributed by atoms with van der Waals surface area (Å²) in [5, 5.41) is 16.6. The predicted octanol–water partition coefficient (Wildman–Crippen LogP) is 4.00. The molecule has 1 amide bonds. The monoisotopic (exact) mass is 369 g/mol. The highest BCUT2D eigenvalue weighted by Gasteiger charge is 2.14. The average molecular weight is 370 g/mol. The van der Waals surface area contributed by atoms with Gasteiger partial charge in [-0.25, -0.2) is 4.68 Å². The van der Waals surface area contributed by atoms with Crippen LogP contribution in [0.5, 0.6) is 0 Å². The van der Waals surface area contributed by atoms with Gasteiger partial charge in [-0.2, -0.15) is 5.10 Å². The molecule has 0 fully saturated rings. The Hall–Kier alpha value is -3.12. The lowest BCUT2D eigenvalue weighted by molar-refractivity contribution is -0.138. The third-order valence-electron chi connectivity index (χ3n) is 3.68. The van der Waals surface area contributed by atoms with Gasteiger partial charge in [-0.1, -0.05) is 41.9 Å². The maximum atomic E-state index is 12.1. The fourth-order valence-corrected chi connectivity index (χ4v) is 2.55. The van der Waals surface area contributed by atoms with Gasteiger partial charge in [0, 0.05) is 23.1 Å². The van der Waals surface area contributed by atoms with E-state index in [2.05, 4.69) is 10.4 Å². The van der Waals surface area contributed by atoms with Gasteiger partial charge in [-0.15, -0.1) is 0 Å². The van der Waals surface area contributed by atoms with E-state index in [0.29, 0.717) is 16.5 Å². The van der Waals surface area contributed by atoms with E-state index in [1.54, 1.807) is 35.0 Å². The first-order valence-corrected chi connectivity index (χ1v) is 8.34. The number of hydrogen-bond acceptors (Lipinski definition) is 3. The van der Waals surface area contributed by atoms with Gasteiger partial charge in [0.1, 0.15) is 5.82 Å². The van der Waals surface area contributed by atoms with E-state index >= 15 is 0 Å². The van der Waals surface area contributed by atoms with Crippen molar-refractivity contribution in [3.63, 3.8) is 0 Å². The van der Waals surface area contributed by atoms with Gasteiger partial charge in [0.15, 0.2) is 0 Å². The van der Waals surface area contributed by atoms with Crippen molar-refractivity contribution in [2.75, 3.05) is 5.32 Å². The molecule has 0 spiro atoms. The number of hydrogen-bond donors (Lipinski definition) is 2. The van der Waals surface area contributed by atoms with E-state index in [-0.39, 0.29) is 18.7 Å². The molecule has 0 radical (unpaired) electrons. The highest BCUT2D eigenvalue weighted by molar-refractivity contribution is 6.30. The van der Waals surface area contributed by atoms with Crippen LogP contribution in [0.1, 0.15) is 12.8 Å². The molecule has 0 saturated heterocycles. The lowest BCUT2D eigenvalue weighted by Gasteiger charge is -2.08. The van der Waals surface area contributed by atoms with Crippen molar-refractivity contribution >= 4 is 29.3 Å². The molecule has 2 aromatic carbocycles. The summed E-state index contributed by atoms with van der Waals surface area (Å²) in [4.78, 5) is 22.7. The van der Waals surface area contributed by atoms with Crippen LogP contribution in [0.2, 0.25) is 5.02 Å². The van der Waals surface area contributed by atoms with Crippen molar-refractivity contribution in [3.8, 4) is 16.9 Å². The number of amides is 1. The minimum atomic E-state index is -1.02. The molecule has 0 saturated carbocycles. The zero-order valence-electron chi connectivity index (χ0n) is 13.7. The largest absolute Gasteiger partial charge is 0.481 e. The molecule has 0 aliphatic rings. The molecule has 3 rings (SSSR count). The summed E-state index contributed by atoms with van der Waals surface area (Å²) in [5.74, 6) is -0.944. The van der Waals surface area contributed by atoms with Crippen LogP contribution in [0.3, 0.4) is 0 Å². The molecule has 1 heterocycles. The first-order valence-electron chi connectivity index (χ1n) is 7.96. The summed E-state index contributed by atoms with van der Waals surface area (Å²) in [6.07, 6.45) is -0.339. The van der Waals surface area contributed by atoms with E-state index in [4.69, 9.17) is 16.7 Å². The number of carbonyl (C=O) groups excluding carboxylic acids is 1. The molecule has 2 N–H and O–H groups in total. The maximum Gasteiger partial charge on any atom is 0.303 e. The number of nitrogens with one attached hydrogen (secondary N) is 1. The number of anilines is 1. The smallest absolute Gasteiger partial charge is 0.303 e. The molecule has 26 heavy (non-hydrogen) atoms. The number of aliphatic carboxylic acids is 1. The number of benzene rings is 2. The number of nitrogens with zero attached hydrogens (tertiary/aromatic N) is 2. The molecule has 0 aliphatic heterocycles. The average Bonchev–Trinajstić information content (AvgIpc) is 3.05. The summed E-state index contributed by atoms with van der Waals surface area (Å²) in [6.45, 7) is 0. The number of carboxylic acid groups (broad SMARTS) is 1. The maximum absolute atomic E-state index is 12.1. The van der Waals surface area contributed by atoms with E-state index in [1.807, 2.05) is 30.3 Å². The molecular weight excluding hydrogens is 354 g/mol. The van der Waals surface area contributed by atoms with Gasteiger partial charge in [-0.3, -0.25) is 9.59 Å². The summed E-state index contributed by atoms with van der Waals surface area (Å²) in [7, 11) is 0. The number of carboxylic acids is 1. The lowest BCUT2D eigenvalue weighted by atomic mass is 10.1. The Morgan fingerprint density at radius 3 is 2.38 bits per heavy atom. The van der Waals surface area contributed by atoms with Crippen LogP contribution in [0.4, 0.5) is 5.82 Å². The summed E-state index contributed by atoms with van der Waals surface area (Å²) in [5.41, 5.74) is 2.32. The van der Waals surface area contributed by atoms with Crippen molar-refractivity contribution in [3.05, 3.63) is 65.7 Å². The molecule has 0 atom stereocenters. The Balaban J connectivity index is 1.95. The summed E-state index contributed by atoms with van der Waals surface area (Å²) in [6, 6.07) is 18.4. The fraction of sp³-hybridized carbons (Fsp3) is 0.105. The van der Waals surface area contributed by atoms with Gasteiger partial charge in [0.2, 0.25) is 5.91 Å². The van der Waals surface area contributed by atoms with Crippen LogP contribution in [-0.2, 0) is 9.59 Å². The van der Waals surface area contributed by atoms with Gasteiger partial charge in [0.05, 0.1) is 17.8 Å². The van der Waals surface area contributed by atoms with Crippen LogP contribution in [0.25, 0.3) is 16.9 Å². The van der Waals surface area contributed by atoms with Crippen LogP contribution in [-0.4, -0.2) is 26.8 Å². The molecule has 6 nitrogen and oxygen atoms in total. The van der Waals surface area contributed by atoms with E-state index in [1.165, 1.54) is 0 Å². The van der Waals surface area contributed by atoms with E-state index < -0.39 is 5.97 Å². The Morgan fingerprint density at radius 2 is 1.73 bits per heavy atom. The topological polar surface area (TPSA) is 84.2 Å². The highest BCUT2D eigenvalue weighted by Crippen LogP contribution is 2.25. The molecule has 0 bridgehead atoms. The Bertz CT molecular complexity index is 921. The number of carbonyl (C=O) groups is 2. The zero-order valence-corrected chi connectivity index (χ0v) is 14.5. The number of halogens is 1. The van der Waals surface area contributed by atoms with Crippen LogP contribution in [0, 0.1) is 0 Å². The van der Waals surface area contributed by atoms with Gasteiger partial charge >= 0.3 is 5.97 Å². The summed E-state index contributed by atoms with van der Waals surface area (Å²) >= 11 is 5.94. The molecule has 1 aromatic heterocycles. The Morgan fingerprint density at radius 1 is 1.04 bits per heavy atom. The van der Waals surface area contributed by atoms with Crippen LogP contribution >= 0.6 is 11.6 Å². The second-order valence-corrected chi connectivity index (χ2v) is 6.05. The highest BCUT2D eigenvalue weighted by atomic mass is 35.5. The quantitative estimate of drug-likeness (QED) is 0.688. The third-order valence-corrected chi connectivity index (χ3v) is 3.94. The normalized spacial score (nSPS) is 10.5. The van der Waals surface area contributed by atoms with E-state index in [9.17, 15) is 9.59 Å². The standard InChI is InChI=1S/C19H16ClN3O3/c20-14-6-8-15(9-7-14)23-17(21-18(24)10-11-19(25)26)12-16(22-23)13-4-2-1-3-5-13/h1-9,12H,10-11H2,(H,21,24)(H,25,26). The SMILES string of the molecule is O=C(O)CCC(=O)Nc1cc(-c2ccccc2)nn1-c1ccc(Cl)cc1. The predicted molar refractivity (Wildman–Crippen MR) is 99.5 cm³/mol. The molecular formula is C19H16ClN3O3. The number of rotatable bonds is 6. The molecule has 3 aromatic rings. The first-order chi connectivity index (χ1) is 12.5. The third kappa shape index (κ3) is 4.29. The van der Waals surface area contributed by atoms with Crippen molar-refractivity contribution in [1.29, 1.82) is 0 Å². The van der Waals surface area contributed by atoms with Gasteiger partial charge in [0.25, 0.3) is 0 Å². The molecule has 7 heteroatoms. The Labute approximate surface area is 155 Å². The minimum absolute atomic E-state index is 0.109. The van der Waals surface area contributed by atoms with Crippen molar-refractivity contribution in [1.82, 2.24) is 9.78 Å². The van der Waals surface area contributed by atoms with Crippen molar-refractivity contribution in [2.45, 2.75) is 12.8 Å². The summed E-state index contributed by atoms with van der Waals surface area (Å²) < 4.78 is 1.59. The Kier molecular flexibility index (Phi) is 5.34. The second kappa shape index (κ2) is 7.84. The van der Waals surface area contributed by atoms with Crippen LogP contribution < -0.4 is 5.32 Å². The van der Waals surface area contributed by atoms with Crippen LogP contribution in [0.15, 0.2) is 60.7 Å². The lowest BCUT2D eigenvalue weighted by Crippen LogP contribution is -2.16. The second-order valence-electron chi connectivity index (χ2n) is 5.61.